The normalized spacial score (nSPS) is 16.4. The molecule has 1 aliphatic rings. The number of carbonyl (C=O) groups excluding carboxylic acids is 1. The van der Waals surface area contributed by atoms with Crippen LogP contribution in [-0.4, -0.2) is 50.8 Å². The Balaban J connectivity index is 1.72. The molecule has 2 aromatic rings. The third-order valence-corrected chi connectivity index (χ3v) is 4.38. The van der Waals surface area contributed by atoms with Gasteiger partial charge in [0.25, 0.3) is 5.91 Å². The zero-order valence-corrected chi connectivity index (χ0v) is 14.7. The number of hydrogen-bond donors (Lipinski definition) is 1. The summed E-state index contributed by atoms with van der Waals surface area (Å²) in [6.45, 7) is 5.40. The maximum atomic E-state index is 12.6. The lowest BCUT2D eigenvalue weighted by molar-refractivity contribution is 0.0117. The zero-order valence-electron chi connectivity index (χ0n) is 14.7. The molecule has 25 heavy (non-hydrogen) atoms. The van der Waals surface area contributed by atoms with Crippen LogP contribution in [0.1, 0.15) is 27.9 Å². The Kier molecular flexibility index (Phi) is 5.73. The SMILES string of the molecule is COc1ccccc1C(=O)NC[C@H](c1ccc(C)o1)N1CCOCC1. The molecule has 0 bridgehead atoms. The molecular weight excluding hydrogens is 320 g/mol. The van der Waals surface area contributed by atoms with Gasteiger partial charge in [0.2, 0.25) is 0 Å². The Morgan fingerprint density at radius 2 is 2.00 bits per heavy atom. The number of benzene rings is 1. The number of rotatable bonds is 6. The maximum absolute atomic E-state index is 12.6. The number of morpholine rings is 1. The van der Waals surface area contributed by atoms with Crippen molar-refractivity contribution in [3.8, 4) is 5.75 Å². The minimum absolute atomic E-state index is 0.0174. The zero-order chi connectivity index (χ0) is 17.6. The van der Waals surface area contributed by atoms with Gasteiger partial charge in [-0.05, 0) is 31.2 Å². The van der Waals surface area contributed by atoms with Crippen LogP contribution in [0.25, 0.3) is 0 Å². The van der Waals surface area contributed by atoms with Gasteiger partial charge in [-0.2, -0.15) is 0 Å². The summed E-state index contributed by atoms with van der Waals surface area (Å²) in [6, 6.07) is 11.1. The second kappa shape index (κ2) is 8.18. The molecule has 0 spiro atoms. The Labute approximate surface area is 147 Å². The van der Waals surface area contributed by atoms with Gasteiger partial charge in [-0.25, -0.2) is 0 Å². The monoisotopic (exact) mass is 344 g/mol. The van der Waals surface area contributed by atoms with E-state index in [2.05, 4.69) is 10.2 Å². The van der Waals surface area contributed by atoms with Crippen LogP contribution in [0.5, 0.6) is 5.75 Å². The van der Waals surface area contributed by atoms with Crippen molar-refractivity contribution in [2.24, 2.45) is 0 Å². The van der Waals surface area contributed by atoms with Gasteiger partial charge in [-0.15, -0.1) is 0 Å². The Morgan fingerprint density at radius 3 is 2.68 bits per heavy atom. The van der Waals surface area contributed by atoms with Gasteiger partial charge in [0.15, 0.2) is 0 Å². The molecule has 1 aliphatic heterocycles. The van der Waals surface area contributed by atoms with Crippen molar-refractivity contribution in [3.63, 3.8) is 0 Å². The van der Waals surface area contributed by atoms with Crippen molar-refractivity contribution in [2.45, 2.75) is 13.0 Å². The van der Waals surface area contributed by atoms with E-state index in [1.165, 1.54) is 0 Å². The molecule has 1 amide bonds. The molecule has 0 aliphatic carbocycles. The van der Waals surface area contributed by atoms with Crippen LogP contribution in [0.2, 0.25) is 0 Å². The van der Waals surface area contributed by atoms with E-state index in [4.69, 9.17) is 13.9 Å². The largest absolute Gasteiger partial charge is 0.496 e. The molecule has 134 valence electrons. The van der Waals surface area contributed by atoms with E-state index < -0.39 is 0 Å². The first-order chi connectivity index (χ1) is 12.2. The minimum atomic E-state index is -0.154. The van der Waals surface area contributed by atoms with Crippen molar-refractivity contribution in [3.05, 3.63) is 53.5 Å². The second-order valence-corrected chi connectivity index (χ2v) is 6.02. The smallest absolute Gasteiger partial charge is 0.255 e. The lowest BCUT2D eigenvalue weighted by Gasteiger charge is -2.33. The molecule has 0 radical (unpaired) electrons. The first-order valence-electron chi connectivity index (χ1n) is 8.48. The van der Waals surface area contributed by atoms with Crippen LogP contribution >= 0.6 is 0 Å². The van der Waals surface area contributed by atoms with Crippen LogP contribution in [0.15, 0.2) is 40.8 Å². The first kappa shape index (κ1) is 17.5. The van der Waals surface area contributed by atoms with Crippen molar-refractivity contribution in [1.82, 2.24) is 10.2 Å². The fourth-order valence-electron chi connectivity index (χ4n) is 3.05. The van der Waals surface area contributed by atoms with E-state index >= 15 is 0 Å². The molecule has 6 heteroatoms. The van der Waals surface area contributed by atoms with E-state index in [9.17, 15) is 4.79 Å². The number of nitrogens with one attached hydrogen (secondary N) is 1. The van der Waals surface area contributed by atoms with Crippen LogP contribution < -0.4 is 10.1 Å². The molecular formula is C19H24N2O4. The van der Waals surface area contributed by atoms with Crippen LogP contribution in [0.4, 0.5) is 0 Å². The third-order valence-electron chi connectivity index (χ3n) is 4.38. The first-order valence-corrected chi connectivity index (χ1v) is 8.48. The van der Waals surface area contributed by atoms with Gasteiger partial charge < -0.3 is 19.2 Å². The van der Waals surface area contributed by atoms with E-state index in [1.54, 1.807) is 19.2 Å². The highest BCUT2D eigenvalue weighted by molar-refractivity contribution is 5.96. The number of carbonyl (C=O) groups is 1. The quantitative estimate of drug-likeness (QED) is 0.872. The predicted molar refractivity (Wildman–Crippen MR) is 93.9 cm³/mol. The summed E-state index contributed by atoms with van der Waals surface area (Å²) in [5, 5.41) is 3.02. The molecule has 1 saturated heterocycles. The fourth-order valence-corrected chi connectivity index (χ4v) is 3.05. The molecule has 1 fully saturated rings. The standard InChI is InChI=1S/C19H24N2O4/c1-14-7-8-18(25-14)16(21-9-11-24-12-10-21)13-20-19(22)15-5-3-4-6-17(15)23-2/h3-8,16H,9-13H2,1-2H3,(H,20,22)/t16-/m1/s1. The lowest BCUT2D eigenvalue weighted by Crippen LogP contribution is -2.43. The summed E-state index contributed by atoms with van der Waals surface area (Å²) in [4.78, 5) is 14.9. The van der Waals surface area contributed by atoms with Crippen molar-refractivity contribution < 1.29 is 18.7 Å². The summed E-state index contributed by atoms with van der Waals surface area (Å²) in [7, 11) is 1.56. The Morgan fingerprint density at radius 1 is 1.24 bits per heavy atom. The van der Waals surface area contributed by atoms with Gasteiger partial charge in [-0.3, -0.25) is 9.69 Å². The molecule has 1 atom stereocenters. The van der Waals surface area contributed by atoms with Gasteiger partial charge in [0.05, 0.1) is 31.9 Å². The third kappa shape index (κ3) is 4.21. The van der Waals surface area contributed by atoms with Gasteiger partial charge in [-0.1, -0.05) is 12.1 Å². The minimum Gasteiger partial charge on any atom is -0.496 e. The molecule has 0 unspecified atom stereocenters. The van der Waals surface area contributed by atoms with Gasteiger partial charge in [0.1, 0.15) is 17.3 Å². The highest BCUT2D eigenvalue weighted by Gasteiger charge is 2.26. The number of amides is 1. The molecule has 1 aromatic heterocycles. The predicted octanol–water partition coefficient (Wildman–Crippen LogP) is 2.40. The fraction of sp³-hybridized carbons (Fsp3) is 0.421. The van der Waals surface area contributed by atoms with E-state index in [-0.39, 0.29) is 11.9 Å². The molecule has 0 saturated carbocycles. The highest BCUT2D eigenvalue weighted by Crippen LogP contribution is 2.24. The summed E-state index contributed by atoms with van der Waals surface area (Å²) >= 11 is 0. The number of ether oxygens (including phenoxy) is 2. The maximum Gasteiger partial charge on any atom is 0.255 e. The van der Waals surface area contributed by atoms with E-state index in [0.717, 1.165) is 24.6 Å². The summed E-state index contributed by atoms with van der Waals surface area (Å²) in [5.41, 5.74) is 0.529. The molecule has 1 aromatic carbocycles. The summed E-state index contributed by atoms with van der Waals surface area (Å²) in [6.07, 6.45) is 0. The second-order valence-electron chi connectivity index (χ2n) is 6.02. The number of hydrogen-bond acceptors (Lipinski definition) is 5. The number of aryl methyl sites for hydroxylation is 1. The van der Waals surface area contributed by atoms with E-state index in [0.29, 0.717) is 31.1 Å². The number of para-hydroxylation sites is 1. The highest BCUT2D eigenvalue weighted by atomic mass is 16.5. The molecule has 1 N–H and O–H groups in total. The topological polar surface area (TPSA) is 63.9 Å². The molecule has 2 heterocycles. The number of furan rings is 1. The van der Waals surface area contributed by atoms with Crippen molar-refractivity contribution in [2.75, 3.05) is 40.0 Å². The number of methoxy groups -OCH3 is 1. The Bertz CT molecular complexity index is 707. The molecule has 3 rings (SSSR count). The summed E-state index contributed by atoms with van der Waals surface area (Å²) in [5.74, 6) is 2.14. The van der Waals surface area contributed by atoms with Crippen molar-refractivity contribution in [1.29, 1.82) is 0 Å². The average Bonchev–Trinajstić information content (AvgIpc) is 3.08. The van der Waals surface area contributed by atoms with Gasteiger partial charge >= 0.3 is 0 Å². The van der Waals surface area contributed by atoms with Crippen LogP contribution in [0.3, 0.4) is 0 Å². The van der Waals surface area contributed by atoms with Crippen LogP contribution in [0, 0.1) is 6.92 Å². The average molecular weight is 344 g/mol. The number of nitrogens with zero attached hydrogens (tertiary/aromatic N) is 1. The van der Waals surface area contributed by atoms with Crippen molar-refractivity contribution >= 4 is 5.91 Å². The van der Waals surface area contributed by atoms with E-state index in [1.807, 2.05) is 31.2 Å². The lowest BCUT2D eigenvalue weighted by atomic mass is 10.1. The van der Waals surface area contributed by atoms with Crippen LogP contribution in [-0.2, 0) is 4.74 Å². The van der Waals surface area contributed by atoms with Gasteiger partial charge in [0, 0.05) is 19.6 Å². The molecule has 6 nitrogen and oxygen atoms in total. The summed E-state index contributed by atoms with van der Waals surface area (Å²) < 4.78 is 16.5. The Hall–Kier alpha value is -2.31.